The smallest absolute Gasteiger partial charge is 0.341 e. The monoisotopic (exact) mass is 507 g/mol. The lowest BCUT2D eigenvalue weighted by atomic mass is 10.1. The van der Waals surface area contributed by atoms with Crippen molar-refractivity contribution in [2.24, 2.45) is 0 Å². The van der Waals surface area contributed by atoms with E-state index in [0.717, 1.165) is 16.8 Å². The molecule has 1 N–H and O–H groups in total. The summed E-state index contributed by atoms with van der Waals surface area (Å²) in [5.41, 5.74) is 3.53. The molecular weight excluding hydrogens is 490 g/mol. The van der Waals surface area contributed by atoms with Gasteiger partial charge in [0.2, 0.25) is 0 Å². The second-order valence-electron chi connectivity index (χ2n) is 6.52. The summed E-state index contributed by atoms with van der Waals surface area (Å²) in [7, 11) is 1.46. The van der Waals surface area contributed by atoms with Crippen molar-refractivity contribution in [2.45, 2.75) is 13.8 Å². The quantitative estimate of drug-likeness (QED) is 0.438. The number of amides is 1. The Bertz CT molecular complexity index is 1080. The fourth-order valence-corrected chi connectivity index (χ4v) is 4.84. The van der Waals surface area contributed by atoms with E-state index >= 15 is 0 Å². The Morgan fingerprint density at radius 1 is 1.30 bits per heavy atom. The van der Waals surface area contributed by atoms with Crippen molar-refractivity contribution in [3.05, 3.63) is 56.4 Å². The predicted octanol–water partition coefficient (Wildman–Crippen LogP) is 4.94. The Morgan fingerprint density at radius 2 is 2.03 bits per heavy atom. The second-order valence-corrected chi connectivity index (χ2v) is 9.05. The van der Waals surface area contributed by atoms with Gasteiger partial charge in [-0.15, -0.1) is 0 Å². The third kappa shape index (κ3) is 4.69. The number of anilines is 1. The molecule has 1 heterocycles. The van der Waals surface area contributed by atoms with Gasteiger partial charge in [0.15, 0.2) is 22.4 Å². The zero-order chi connectivity index (χ0) is 22.0. The molecule has 1 saturated heterocycles. The highest BCUT2D eigenvalue weighted by molar-refractivity contribution is 9.10. The Hall–Kier alpha value is -2.36. The first-order valence-corrected chi connectivity index (χ1v) is 10.8. The number of carboxylic acid groups (broad SMARTS) is 1. The first-order chi connectivity index (χ1) is 14.2. The van der Waals surface area contributed by atoms with Crippen LogP contribution in [0, 0.1) is 13.8 Å². The zero-order valence-electron chi connectivity index (χ0n) is 16.4. The number of carbonyl (C=O) groups excluding carboxylic acids is 1. The van der Waals surface area contributed by atoms with Gasteiger partial charge in [-0.2, -0.15) is 0 Å². The summed E-state index contributed by atoms with van der Waals surface area (Å²) in [6.07, 6.45) is 1.72. The molecule has 1 aliphatic heterocycles. The number of methoxy groups -OCH3 is 1. The number of carbonyl (C=O) groups is 2. The van der Waals surface area contributed by atoms with E-state index in [1.807, 2.05) is 32.0 Å². The maximum absolute atomic E-state index is 13.1. The van der Waals surface area contributed by atoms with Crippen molar-refractivity contribution < 1.29 is 24.2 Å². The summed E-state index contributed by atoms with van der Waals surface area (Å²) in [4.78, 5) is 25.9. The molecule has 2 aromatic carbocycles. The summed E-state index contributed by atoms with van der Waals surface area (Å²) in [6, 6.07) is 9.25. The topological polar surface area (TPSA) is 76.1 Å². The van der Waals surface area contributed by atoms with E-state index < -0.39 is 12.6 Å². The van der Waals surface area contributed by atoms with E-state index in [2.05, 4.69) is 15.9 Å². The van der Waals surface area contributed by atoms with E-state index in [9.17, 15) is 9.59 Å². The maximum atomic E-state index is 13.1. The minimum Gasteiger partial charge on any atom is -0.493 e. The van der Waals surface area contributed by atoms with E-state index in [1.54, 1.807) is 18.2 Å². The highest BCUT2D eigenvalue weighted by Gasteiger charge is 2.34. The summed E-state index contributed by atoms with van der Waals surface area (Å²) < 4.78 is 11.6. The number of thiocarbonyl (C=S) groups is 1. The highest BCUT2D eigenvalue weighted by atomic mass is 79.9. The number of benzene rings is 2. The van der Waals surface area contributed by atoms with Gasteiger partial charge in [-0.3, -0.25) is 9.69 Å². The number of aliphatic carboxylic acids is 1. The molecule has 1 fully saturated rings. The number of ether oxygens (including phenoxy) is 2. The number of rotatable bonds is 6. The fourth-order valence-electron chi connectivity index (χ4n) is 2.98. The molecule has 1 aliphatic rings. The minimum atomic E-state index is -1.09. The Balaban J connectivity index is 1.93. The molecule has 156 valence electrons. The first-order valence-electron chi connectivity index (χ1n) is 8.78. The van der Waals surface area contributed by atoms with Crippen LogP contribution in [0.25, 0.3) is 6.08 Å². The largest absolute Gasteiger partial charge is 0.493 e. The van der Waals surface area contributed by atoms with E-state index in [4.69, 9.17) is 26.8 Å². The van der Waals surface area contributed by atoms with E-state index in [1.165, 1.54) is 23.8 Å². The molecule has 1 amide bonds. The standard InChI is InChI=1S/C21H18BrNO5S2/c1-11-4-5-15(12(2)6-11)23-20(26)17(30-21(23)29)9-13-7-14(22)19(16(8-13)27-3)28-10-18(24)25/h4-9H,10H2,1-3H3,(H,24,25). The Morgan fingerprint density at radius 3 is 2.67 bits per heavy atom. The van der Waals surface area contributed by atoms with Crippen LogP contribution in [0.4, 0.5) is 5.69 Å². The van der Waals surface area contributed by atoms with Crippen molar-refractivity contribution in [1.29, 1.82) is 0 Å². The van der Waals surface area contributed by atoms with Crippen LogP contribution in [0.1, 0.15) is 16.7 Å². The number of thioether (sulfide) groups is 1. The lowest BCUT2D eigenvalue weighted by Crippen LogP contribution is -2.28. The Kier molecular flexibility index (Phi) is 6.84. The van der Waals surface area contributed by atoms with Gasteiger partial charge in [0.1, 0.15) is 0 Å². The van der Waals surface area contributed by atoms with Crippen LogP contribution in [0.3, 0.4) is 0 Å². The number of hydrogen-bond acceptors (Lipinski definition) is 6. The minimum absolute atomic E-state index is 0.196. The molecule has 0 aliphatic carbocycles. The zero-order valence-corrected chi connectivity index (χ0v) is 19.6. The van der Waals surface area contributed by atoms with Gasteiger partial charge >= 0.3 is 5.97 Å². The van der Waals surface area contributed by atoms with Gasteiger partial charge in [0, 0.05) is 0 Å². The van der Waals surface area contributed by atoms with Gasteiger partial charge in [-0.05, 0) is 65.2 Å². The van der Waals surface area contributed by atoms with Gasteiger partial charge in [-0.25, -0.2) is 4.79 Å². The molecule has 0 saturated carbocycles. The summed E-state index contributed by atoms with van der Waals surface area (Å²) in [5, 5.41) is 8.83. The van der Waals surface area contributed by atoms with Crippen LogP contribution in [0.5, 0.6) is 11.5 Å². The van der Waals surface area contributed by atoms with Gasteiger partial charge in [0.25, 0.3) is 5.91 Å². The van der Waals surface area contributed by atoms with Gasteiger partial charge < -0.3 is 14.6 Å². The highest BCUT2D eigenvalue weighted by Crippen LogP contribution is 2.40. The van der Waals surface area contributed by atoms with Crippen LogP contribution in [0.2, 0.25) is 0 Å². The Labute approximate surface area is 192 Å². The van der Waals surface area contributed by atoms with E-state index in [0.29, 0.717) is 25.0 Å². The van der Waals surface area contributed by atoms with Crippen molar-refractivity contribution in [3.8, 4) is 11.5 Å². The van der Waals surface area contributed by atoms with Crippen molar-refractivity contribution in [2.75, 3.05) is 18.6 Å². The molecular formula is C21H18BrNO5S2. The molecule has 0 unspecified atom stereocenters. The van der Waals surface area contributed by atoms with Crippen LogP contribution in [-0.2, 0) is 9.59 Å². The van der Waals surface area contributed by atoms with Gasteiger partial charge in [-0.1, -0.05) is 41.7 Å². The third-order valence-corrected chi connectivity index (χ3v) is 6.17. The third-order valence-electron chi connectivity index (χ3n) is 4.28. The molecule has 6 nitrogen and oxygen atoms in total. The molecule has 0 aromatic heterocycles. The average Bonchev–Trinajstić information content (AvgIpc) is 2.94. The summed E-state index contributed by atoms with van der Waals surface area (Å²) >= 11 is 10.1. The lowest BCUT2D eigenvalue weighted by molar-refractivity contribution is -0.139. The second kappa shape index (κ2) is 9.20. The molecule has 9 heteroatoms. The van der Waals surface area contributed by atoms with Crippen LogP contribution in [-0.4, -0.2) is 35.0 Å². The molecule has 3 rings (SSSR count). The summed E-state index contributed by atoms with van der Waals surface area (Å²) in [5.74, 6) is -0.664. The van der Waals surface area contributed by atoms with Gasteiger partial charge in [0.05, 0.1) is 22.2 Å². The van der Waals surface area contributed by atoms with Crippen LogP contribution < -0.4 is 14.4 Å². The van der Waals surface area contributed by atoms with Crippen molar-refractivity contribution in [1.82, 2.24) is 0 Å². The number of halogens is 1. The number of aryl methyl sites for hydroxylation is 2. The van der Waals surface area contributed by atoms with Crippen molar-refractivity contribution in [3.63, 3.8) is 0 Å². The first kappa shape index (κ1) is 22.3. The normalized spacial score (nSPS) is 15.1. The maximum Gasteiger partial charge on any atom is 0.341 e. The number of nitrogens with zero attached hydrogens (tertiary/aromatic N) is 1. The number of carboxylic acids is 1. The molecule has 2 aromatic rings. The SMILES string of the molecule is COc1cc(C=C2SC(=S)N(c3ccc(C)cc3C)C2=O)cc(Br)c1OCC(=O)O. The van der Waals surface area contributed by atoms with Crippen molar-refractivity contribution >= 4 is 67.9 Å². The molecule has 30 heavy (non-hydrogen) atoms. The fraction of sp³-hybridized carbons (Fsp3) is 0.190. The molecule has 0 bridgehead atoms. The predicted molar refractivity (Wildman–Crippen MR) is 125 cm³/mol. The average molecular weight is 508 g/mol. The molecule has 0 atom stereocenters. The number of hydrogen-bond donors (Lipinski definition) is 1. The van der Waals surface area contributed by atoms with Crippen LogP contribution in [0.15, 0.2) is 39.7 Å². The van der Waals surface area contributed by atoms with E-state index in [-0.39, 0.29) is 11.7 Å². The van der Waals surface area contributed by atoms with Crippen LogP contribution >= 0.6 is 39.9 Å². The molecule has 0 radical (unpaired) electrons. The lowest BCUT2D eigenvalue weighted by Gasteiger charge is -2.17. The molecule has 0 spiro atoms. The summed E-state index contributed by atoms with van der Waals surface area (Å²) in [6.45, 7) is 3.45.